The monoisotopic (exact) mass is 309 g/mol. The van der Waals surface area contributed by atoms with Crippen LogP contribution in [0.15, 0.2) is 35.5 Å². The molecule has 0 aliphatic carbocycles. The number of nitrogens with one attached hydrogen (secondary N) is 1. The standard InChI is InChI=1S/C13H15N3O4S/c1-3-16-8-12(14-9(16)2)21(19,20)15-11-7-5-4-6-10(11)13(17)18/h4-8,15H,3H2,1-2H3,(H,17,18). The molecular weight excluding hydrogens is 294 g/mol. The Morgan fingerprint density at radius 3 is 2.62 bits per heavy atom. The Morgan fingerprint density at radius 2 is 2.05 bits per heavy atom. The van der Waals surface area contributed by atoms with E-state index < -0.39 is 16.0 Å². The quantitative estimate of drug-likeness (QED) is 0.875. The third-order valence-corrected chi connectivity index (χ3v) is 4.21. The number of para-hydroxylation sites is 1. The zero-order valence-electron chi connectivity index (χ0n) is 11.6. The molecule has 2 rings (SSSR count). The number of hydrogen-bond acceptors (Lipinski definition) is 4. The molecule has 0 amide bonds. The van der Waals surface area contributed by atoms with Crippen LogP contribution in [-0.2, 0) is 16.6 Å². The van der Waals surface area contributed by atoms with Gasteiger partial charge < -0.3 is 9.67 Å². The molecule has 0 atom stereocenters. The molecule has 0 aliphatic rings. The zero-order chi connectivity index (χ0) is 15.6. The maximum atomic E-state index is 12.3. The zero-order valence-corrected chi connectivity index (χ0v) is 12.4. The van der Waals surface area contributed by atoms with Crippen molar-refractivity contribution in [1.29, 1.82) is 0 Å². The van der Waals surface area contributed by atoms with Gasteiger partial charge in [-0.25, -0.2) is 9.78 Å². The number of aromatic nitrogens is 2. The highest BCUT2D eigenvalue weighted by atomic mass is 32.2. The molecular formula is C13H15N3O4S. The van der Waals surface area contributed by atoms with E-state index in [2.05, 4.69) is 9.71 Å². The Balaban J connectivity index is 2.40. The molecule has 2 N–H and O–H groups in total. The SMILES string of the molecule is CCn1cc(S(=O)(=O)Nc2ccccc2C(=O)O)nc1C. The summed E-state index contributed by atoms with van der Waals surface area (Å²) in [4.78, 5) is 15.1. The smallest absolute Gasteiger partial charge is 0.337 e. The summed E-state index contributed by atoms with van der Waals surface area (Å²) in [7, 11) is -3.93. The minimum atomic E-state index is -3.93. The molecule has 0 radical (unpaired) electrons. The summed E-state index contributed by atoms with van der Waals surface area (Å²) in [6.45, 7) is 4.17. The largest absolute Gasteiger partial charge is 0.478 e. The number of aryl methyl sites for hydroxylation is 2. The molecule has 0 saturated carbocycles. The topological polar surface area (TPSA) is 101 Å². The molecule has 8 heteroatoms. The molecule has 0 spiro atoms. The van der Waals surface area contributed by atoms with Crippen molar-refractivity contribution in [1.82, 2.24) is 9.55 Å². The molecule has 112 valence electrons. The Kier molecular flexibility index (Phi) is 3.99. The van der Waals surface area contributed by atoms with Crippen LogP contribution in [0, 0.1) is 6.92 Å². The first-order valence-electron chi connectivity index (χ1n) is 6.24. The van der Waals surface area contributed by atoms with E-state index in [9.17, 15) is 13.2 Å². The summed E-state index contributed by atoms with van der Waals surface area (Å²) in [6, 6.07) is 5.80. The number of hydrogen-bond donors (Lipinski definition) is 2. The second-order valence-corrected chi connectivity index (χ2v) is 6.00. The van der Waals surface area contributed by atoms with Crippen LogP contribution in [0.25, 0.3) is 0 Å². The molecule has 21 heavy (non-hydrogen) atoms. The predicted octanol–water partition coefficient (Wildman–Crippen LogP) is 1.71. The van der Waals surface area contributed by atoms with Crippen molar-refractivity contribution in [3.05, 3.63) is 41.9 Å². The van der Waals surface area contributed by atoms with Crippen molar-refractivity contribution in [2.75, 3.05) is 4.72 Å². The van der Waals surface area contributed by atoms with Crippen LogP contribution >= 0.6 is 0 Å². The van der Waals surface area contributed by atoms with Crippen LogP contribution in [-0.4, -0.2) is 29.0 Å². The fourth-order valence-corrected chi connectivity index (χ4v) is 2.97. The van der Waals surface area contributed by atoms with Gasteiger partial charge in [-0.1, -0.05) is 12.1 Å². The van der Waals surface area contributed by atoms with Crippen molar-refractivity contribution >= 4 is 21.7 Å². The highest BCUT2D eigenvalue weighted by Gasteiger charge is 2.21. The summed E-state index contributed by atoms with van der Waals surface area (Å²) < 4.78 is 28.5. The van der Waals surface area contributed by atoms with Gasteiger partial charge in [-0.15, -0.1) is 0 Å². The lowest BCUT2D eigenvalue weighted by Crippen LogP contribution is -2.16. The number of imidazole rings is 1. The minimum absolute atomic E-state index is 0.00806. The highest BCUT2D eigenvalue weighted by molar-refractivity contribution is 7.92. The lowest BCUT2D eigenvalue weighted by Gasteiger charge is -2.08. The van der Waals surface area contributed by atoms with E-state index in [4.69, 9.17) is 5.11 Å². The Hall–Kier alpha value is -2.35. The molecule has 7 nitrogen and oxygen atoms in total. The number of sulfonamides is 1. The third kappa shape index (κ3) is 3.05. The lowest BCUT2D eigenvalue weighted by molar-refractivity contribution is 0.0698. The van der Waals surface area contributed by atoms with Crippen molar-refractivity contribution in [2.24, 2.45) is 0 Å². The fourth-order valence-electron chi connectivity index (χ4n) is 1.88. The van der Waals surface area contributed by atoms with Gasteiger partial charge in [-0.05, 0) is 26.0 Å². The van der Waals surface area contributed by atoms with Gasteiger partial charge >= 0.3 is 5.97 Å². The Bertz CT molecular complexity index is 780. The number of benzene rings is 1. The van der Waals surface area contributed by atoms with Gasteiger partial charge in [0.25, 0.3) is 10.0 Å². The van der Waals surface area contributed by atoms with E-state index in [-0.39, 0.29) is 16.3 Å². The number of carboxylic acid groups (broad SMARTS) is 1. The normalized spacial score (nSPS) is 11.3. The number of carbonyl (C=O) groups is 1. The van der Waals surface area contributed by atoms with E-state index in [1.807, 2.05) is 6.92 Å². The van der Waals surface area contributed by atoms with Gasteiger partial charge in [0.1, 0.15) is 5.82 Å². The number of carboxylic acids is 1. The summed E-state index contributed by atoms with van der Waals surface area (Å²) in [6.07, 6.45) is 1.42. The average Bonchev–Trinajstić information content (AvgIpc) is 2.81. The minimum Gasteiger partial charge on any atom is -0.478 e. The summed E-state index contributed by atoms with van der Waals surface area (Å²) in [5.41, 5.74) is -0.110. The van der Waals surface area contributed by atoms with E-state index in [0.29, 0.717) is 12.4 Å². The van der Waals surface area contributed by atoms with Crippen LogP contribution in [0.5, 0.6) is 0 Å². The number of rotatable bonds is 5. The molecule has 0 saturated heterocycles. The van der Waals surface area contributed by atoms with Gasteiger partial charge in [0, 0.05) is 12.7 Å². The van der Waals surface area contributed by atoms with Gasteiger partial charge in [-0.2, -0.15) is 8.42 Å². The predicted molar refractivity (Wildman–Crippen MR) is 76.8 cm³/mol. The van der Waals surface area contributed by atoms with Crippen molar-refractivity contribution in [3.63, 3.8) is 0 Å². The number of nitrogens with zero attached hydrogens (tertiary/aromatic N) is 2. The first kappa shape index (κ1) is 15.0. The van der Waals surface area contributed by atoms with Crippen molar-refractivity contribution in [3.8, 4) is 0 Å². The molecule has 0 fully saturated rings. The summed E-state index contributed by atoms with van der Waals surface area (Å²) >= 11 is 0. The first-order valence-corrected chi connectivity index (χ1v) is 7.72. The second kappa shape index (κ2) is 5.57. The third-order valence-electron chi connectivity index (χ3n) is 2.97. The van der Waals surface area contributed by atoms with Gasteiger partial charge in [-0.3, -0.25) is 4.72 Å². The molecule has 1 aromatic heterocycles. The van der Waals surface area contributed by atoms with E-state index in [1.165, 1.54) is 24.4 Å². The van der Waals surface area contributed by atoms with Crippen molar-refractivity contribution < 1.29 is 18.3 Å². The van der Waals surface area contributed by atoms with E-state index in [1.54, 1.807) is 17.6 Å². The Morgan fingerprint density at radius 1 is 1.38 bits per heavy atom. The summed E-state index contributed by atoms with van der Waals surface area (Å²) in [5, 5.41) is 8.93. The first-order chi connectivity index (χ1) is 9.85. The van der Waals surface area contributed by atoms with Gasteiger partial charge in [0.05, 0.1) is 11.3 Å². The fraction of sp³-hybridized carbons (Fsp3) is 0.231. The number of aromatic carboxylic acids is 1. The van der Waals surface area contributed by atoms with Crippen LogP contribution in [0.1, 0.15) is 23.1 Å². The second-order valence-electron chi connectivity index (χ2n) is 4.37. The van der Waals surface area contributed by atoms with E-state index in [0.717, 1.165) is 0 Å². The lowest BCUT2D eigenvalue weighted by atomic mass is 10.2. The molecule has 2 aromatic rings. The van der Waals surface area contributed by atoms with Gasteiger partial charge in [0.2, 0.25) is 0 Å². The molecule has 1 heterocycles. The molecule has 1 aromatic carbocycles. The maximum Gasteiger partial charge on any atom is 0.337 e. The summed E-state index contributed by atoms with van der Waals surface area (Å²) in [5.74, 6) is -0.632. The van der Waals surface area contributed by atoms with Crippen LogP contribution in [0.3, 0.4) is 0 Å². The van der Waals surface area contributed by atoms with Gasteiger partial charge in [0.15, 0.2) is 5.03 Å². The maximum absolute atomic E-state index is 12.3. The van der Waals surface area contributed by atoms with Crippen LogP contribution in [0.4, 0.5) is 5.69 Å². The van der Waals surface area contributed by atoms with E-state index >= 15 is 0 Å². The van der Waals surface area contributed by atoms with Crippen molar-refractivity contribution in [2.45, 2.75) is 25.4 Å². The molecule has 0 unspecified atom stereocenters. The Labute approximate surface area is 122 Å². The average molecular weight is 309 g/mol. The molecule has 0 aliphatic heterocycles. The number of anilines is 1. The van der Waals surface area contributed by atoms with Crippen LogP contribution in [0.2, 0.25) is 0 Å². The van der Waals surface area contributed by atoms with Crippen LogP contribution < -0.4 is 4.72 Å². The highest BCUT2D eigenvalue weighted by Crippen LogP contribution is 2.20. The molecule has 0 bridgehead atoms.